The molecule has 0 bridgehead atoms. The number of hydrogen-bond donors (Lipinski definition) is 0. The molecule has 0 spiro atoms. The van der Waals surface area contributed by atoms with E-state index in [2.05, 4.69) is 0 Å². The van der Waals surface area contributed by atoms with Crippen LogP contribution in [-0.2, 0) is 16.1 Å². The molecular weight excluding hydrogens is 388 g/mol. The van der Waals surface area contributed by atoms with Gasteiger partial charge in [-0.05, 0) is 48.9 Å². The van der Waals surface area contributed by atoms with Crippen LogP contribution >= 0.6 is 23.4 Å². The standard InChI is InChI=1S/C20H17ClO5S/c1-12-7-18-16(9-17(12)21)13(8-19(22)26-18)10-25-20(23)11-27-15-5-3-14(24-2)4-6-15/h3-9H,10-11H2,1-2H3. The minimum absolute atomic E-state index is 0.0243. The molecule has 3 aromatic rings. The number of esters is 1. The molecule has 0 aliphatic rings. The Labute approximate surface area is 165 Å². The van der Waals surface area contributed by atoms with Crippen molar-refractivity contribution in [3.05, 3.63) is 69.0 Å². The molecule has 0 saturated carbocycles. The third-order valence-electron chi connectivity index (χ3n) is 3.91. The number of aryl methyl sites for hydroxylation is 1. The van der Waals surface area contributed by atoms with Gasteiger partial charge in [-0.3, -0.25) is 4.79 Å². The van der Waals surface area contributed by atoms with E-state index in [1.807, 2.05) is 31.2 Å². The Morgan fingerprint density at radius 2 is 1.93 bits per heavy atom. The number of ether oxygens (including phenoxy) is 2. The predicted molar refractivity (Wildman–Crippen MR) is 106 cm³/mol. The number of fused-ring (bicyclic) bond motifs is 1. The molecule has 140 valence electrons. The van der Waals surface area contributed by atoms with Crippen LogP contribution in [0.3, 0.4) is 0 Å². The van der Waals surface area contributed by atoms with Gasteiger partial charge in [0.05, 0.1) is 12.9 Å². The van der Waals surface area contributed by atoms with E-state index in [0.717, 1.165) is 16.2 Å². The zero-order chi connectivity index (χ0) is 19.4. The fourth-order valence-electron chi connectivity index (χ4n) is 2.48. The Morgan fingerprint density at radius 1 is 1.19 bits per heavy atom. The number of carbonyl (C=O) groups excluding carboxylic acids is 1. The van der Waals surface area contributed by atoms with Crippen molar-refractivity contribution < 1.29 is 18.7 Å². The first-order valence-corrected chi connectivity index (χ1v) is 9.48. The van der Waals surface area contributed by atoms with Crippen LogP contribution in [0.25, 0.3) is 11.0 Å². The molecule has 0 amide bonds. The fourth-order valence-corrected chi connectivity index (χ4v) is 3.34. The van der Waals surface area contributed by atoms with E-state index in [4.69, 9.17) is 25.5 Å². The van der Waals surface area contributed by atoms with Gasteiger partial charge < -0.3 is 13.9 Å². The van der Waals surface area contributed by atoms with E-state index < -0.39 is 5.63 Å². The number of benzene rings is 2. The number of hydrogen-bond acceptors (Lipinski definition) is 6. The van der Waals surface area contributed by atoms with Crippen LogP contribution in [0.1, 0.15) is 11.1 Å². The topological polar surface area (TPSA) is 65.7 Å². The summed E-state index contributed by atoms with van der Waals surface area (Å²) in [6.07, 6.45) is 0. The predicted octanol–water partition coefficient (Wildman–Crippen LogP) is 4.60. The summed E-state index contributed by atoms with van der Waals surface area (Å²) in [6, 6.07) is 12.1. The highest BCUT2D eigenvalue weighted by Gasteiger charge is 2.11. The number of carbonyl (C=O) groups is 1. The van der Waals surface area contributed by atoms with Gasteiger partial charge in [-0.1, -0.05) is 11.6 Å². The zero-order valence-corrected chi connectivity index (χ0v) is 16.4. The van der Waals surface area contributed by atoms with E-state index in [1.165, 1.54) is 17.8 Å². The molecule has 27 heavy (non-hydrogen) atoms. The average molecular weight is 405 g/mol. The maximum Gasteiger partial charge on any atom is 0.336 e. The molecule has 0 atom stereocenters. The van der Waals surface area contributed by atoms with Crippen LogP contribution in [-0.4, -0.2) is 18.8 Å². The van der Waals surface area contributed by atoms with E-state index in [9.17, 15) is 9.59 Å². The Hall–Kier alpha value is -2.44. The smallest absolute Gasteiger partial charge is 0.336 e. The Morgan fingerprint density at radius 3 is 2.63 bits per heavy atom. The summed E-state index contributed by atoms with van der Waals surface area (Å²) in [5, 5.41) is 1.21. The molecule has 1 aromatic heterocycles. The number of halogens is 1. The molecule has 7 heteroatoms. The van der Waals surface area contributed by atoms with Crippen LogP contribution in [0.5, 0.6) is 5.75 Å². The first-order chi connectivity index (χ1) is 13.0. The summed E-state index contributed by atoms with van der Waals surface area (Å²) in [4.78, 5) is 24.7. The second kappa shape index (κ2) is 8.50. The summed E-state index contributed by atoms with van der Waals surface area (Å²) in [7, 11) is 1.60. The molecule has 0 fully saturated rings. The molecule has 5 nitrogen and oxygen atoms in total. The Bertz CT molecular complexity index is 1030. The molecule has 0 N–H and O–H groups in total. The molecule has 0 unspecified atom stereocenters. The van der Waals surface area contributed by atoms with E-state index in [0.29, 0.717) is 21.6 Å². The third-order valence-corrected chi connectivity index (χ3v) is 5.31. The molecular formula is C20H17ClO5S. The quantitative estimate of drug-likeness (QED) is 0.340. The van der Waals surface area contributed by atoms with Crippen molar-refractivity contribution in [2.24, 2.45) is 0 Å². The van der Waals surface area contributed by atoms with E-state index in [-0.39, 0.29) is 18.3 Å². The minimum atomic E-state index is -0.497. The average Bonchev–Trinajstić information content (AvgIpc) is 2.66. The van der Waals surface area contributed by atoms with E-state index in [1.54, 1.807) is 19.2 Å². The lowest BCUT2D eigenvalue weighted by atomic mass is 10.1. The summed E-state index contributed by atoms with van der Waals surface area (Å²) in [5.74, 6) is 0.534. The van der Waals surface area contributed by atoms with Crippen molar-refractivity contribution in [1.82, 2.24) is 0 Å². The Kier molecular flexibility index (Phi) is 6.08. The van der Waals surface area contributed by atoms with Crippen molar-refractivity contribution in [1.29, 1.82) is 0 Å². The van der Waals surface area contributed by atoms with Gasteiger partial charge in [0, 0.05) is 26.9 Å². The summed E-state index contributed by atoms with van der Waals surface area (Å²) >= 11 is 7.52. The van der Waals surface area contributed by atoms with Gasteiger partial charge in [-0.2, -0.15) is 0 Å². The normalized spacial score (nSPS) is 10.8. The maximum absolute atomic E-state index is 12.1. The first kappa shape index (κ1) is 19.3. The van der Waals surface area contributed by atoms with Gasteiger partial charge in [0.1, 0.15) is 17.9 Å². The SMILES string of the molecule is COc1ccc(SCC(=O)OCc2cc(=O)oc3cc(C)c(Cl)cc23)cc1. The summed E-state index contributed by atoms with van der Waals surface area (Å²) in [5.41, 5.74) is 1.29. The van der Waals surface area contributed by atoms with E-state index >= 15 is 0 Å². The highest BCUT2D eigenvalue weighted by molar-refractivity contribution is 8.00. The second-order valence-corrected chi connectivity index (χ2v) is 7.27. The molecule has 1 heterocycles. The maximum atomic E-state index is 12.1. The van der Waals surface area contributed by atoms with Crippen molar-refractivity contribution in [2.45, 2.75) is 18.4 Å². The van der Waals surface area contributed by atoms with Crippen LogP contribution in [0.15, 0.2) is 56.6 Å². The summed E-state index contributed by atoms with van der Waals surface area (Å²) < 4.78 is 15.6. The highest BCUT2D eigenvalue weighted by Crippen LogP contribution is 2.26. The van der Waals surface area contributed by atoms with Crippen LogP contribution in [0.4, 0.5) is 0 Å². The van der Waals surface area contributed by atoms with Gasteiger partial charge in [0.25, 0.3) is 0 Å². The van der Waals surface area contributed by atoms with Crippen molar-refractivity contribution in [3.8, 4) is 5.75 Å². The van der Waals surface area contributed by atoms with Crippen LogP contribution < -0.4 is 10.4 Å². The second-order valence-electron chi connectivity index (χ2n) is 5.81. The van der Waals surface area contributed by atoms with Crippen molar-refractivity contribution >= 4 is 40.3 Å². The molecule has 0 radical (unpaired) electrons. The number of methoxy groups -OCH3 is 1. The van der Waals surface area contributed by atoms with Crippen LogP contribution in [0, 0.1) is 6.92 Å². The van der Waals surface area contributed by atoms with Crippen LogP contribution in [0.2, 0.25) is 5.02 Å². The lowest BCUT2D eigenvalue weighted by Crippen LogP contribution is -2.09. The molecule has 3 rings (SSSR count). The van der Waals surface area contributed by atoms with Gasteiger partial charge in [-0.25, -0.2) is 4.79 Å². The largest absolute Gasteiger partial charge is 0.497 e. The molecule has 0 saturated heterocycles. The van der Waals surface area contributed by atoms with Crippen molar-refractivity contribution in [3.63, 3.8) is 0 Å². The van der Waals surface area contributed by atoms with Gasteiger partial charge in [-0.15, -0.1) is 11.8 Å². The monoisotopic (exact) mass is 404 g/mol. The molecule has 0 aliphatic heterocycles. The zero-order valence-electron chi connectivity index (χ0n) is 14.8. The number of thioether (sulfide) groups is 1. The van der Waals surface area contributed by atoms with Crippen molar-refractivity contribution in [2.75, 3.05) is 12.9 Å². The highest BCUT2D eigenvalue weighted by atomic mass is 35.5. The summed E-state index contributed by atoms with van der Waals surface area (Å²) in [6.45, 7) is 1.80. The van der Waals surface area contributed by atoms with Gasteiger partial charge >= 0.3 is 11.6 Å². The Balaban J connectivity index is 1.66. The molecule has 2 aromatic carbocycles. The number of rotatable bonds is 6. The first-order valence-electron chi connectivity index (χ1n) is 8.11. The van der Waals surface area contributed by atoms with Gasteiger partial charge in [0.2, 0.25) is 0 Å². The lowest BCUT2D eigenvalue weighted by Gasteiger charge is -2.09. The fraction of sp³-hybridized carbons (Fsp3) is 0.200. The van der Waals surface area contributed by atoms with Gasteiger partial charge in [0.15, 0.2) is 0 Å². The third kappa shape index (κ3) is 4.84. The lowest BCUT2D eigenvalue weighted by molar-refractivity contribution is -0.141. The minimum Gasteiger partial charge on any atom is -0.497 e. The molecule has 0 aliphatic carbocycles.